The number of nitrogens with zero attached hydrogens (tertiary/aromatic N) is 1. The van der Waals surface area contributed by atoms with Crippen molar-refractivity contribution in [3.05, 3.63) is 29.0 Å². The molecule has 0 unspecified atom stereocenters. The first-order valence-electron chi connectivity index (χ1n) is 3.64. The van der Waals surface area contributed by atoms with Gasteiger partial charge in [-0.05, 0) is 18.1 Å². The molecule has 3 heteroatoms. The normalized spacial score (nSPS) is 8.83. The Morgan fingerprint density at radius 3 is 3.00 bits per heavy atom. The Morgan fingerprint density at radius 2 is 2.33 bits per heavy atom. The zero-order valence-electron chi connectivity index (χ0n) is 6.55. The van der Waals surface area contributed by atoms with Crippen molar-refractivity contribution in [3.8, 4) is 11.8 Å². The predicted octanol–water partition coefficient (Wildman–Crippen LogP) is 1.44. The molecule has 0 amide bonds. The van der Waals surface area contributed by atoms with Gasteiger partial charge in [-0.25, -0.2) is 4.98 Å². The second-order valence-corrected chi connectivity index (χ2v) is 2.57. The third-order valence-electron chi connectivity index (χ3n) is 1.20. The summed E-state index contributed by atoms with van der Waals surface area (Å²) in [5.74, 6) is 5.74. The standard InChI is InChI=1S/C9H9ClN2/c10-9-6-3-5-8(12-9)4-1-2-7-11/h3,5-6H,2,7,11H2. The van der Waals surface area contributed by atoms with E-state index in [0.29, 0.717) is 23.8 Å². The summed E-state index contributed by atoms with van der Waals surface area (Å²) in [5, 5.41) is 0.467. The Bertz CT molecular complexity index is 312. The van der Waals surface area contributed by atoms with E-state index in [9.17, 15) is 0 Å². The maximum Gasteiger partial charge on any atom is 0.130 e. The zero-order chi connectivity index (χ0) is 8.81. The molecule has 0 atom stereocenters. The SMILES string of the molecule is NCCC#Cc1cccc(Cl)n1. The third-order valence-corrected chi connectivity index (χ3v) is 1.41. The first-order valence-corrected chi connectivity index (χ1v) is 4.02. The van der Waals surface area contributed by atoms with Crippen molar-refractivity contribution in [1.82, 2.24) is 4.98 Å². The van der Waals surface area contributed by atoms with E-state index in [0.717, 1.165) is 0 Å². The molecule has 1 aromatic heterocycles. The van der Waals surface area contributed by atoms with Crippen LogP contribution in [0.2, 0.25) is 5.15 Å². The molecule has 1 aromatic rings. The van der Waals surface area contributed by atoms with E-state index in [1.54, 1.807) is 6.07 Å². The van der Waals surface area contributed by atoms with Crippen molar-refractivity contribution >= 4 is 11.6 Å². The Labute approximate surface area is 76.8 Å². The van der Waals surface area contributed by atoms with Gasteiger partial charge in [-0.15, -0.1) is 0 Å². The van der Waals surface area contributed by atoms with Crippen LogP contribution in [0.5, 0.6) is 0 Å². The van der Waals surface area contributed by atoms with Crippen molar-refractivity contribution in [3.63, 3.8) is 0 Å². The molecule has 0 aromatic carbocycles. The van der Waals surface area contributed by atoms with Crippen molar-refractivity contribution in [2.45, 2.75) is 6.42 Å². The van der Waals surface area contributed by atoms with Gasteiger partial charge in [0.25, 0.3) is 0 Å². The van der Waals surface area contributed by atoms with E-state index in [1.807, 2.05) is 12.1 Å². The largest absolute Gasteiger partial charge is 0.330 e. The number of nitrogens with two attached hydrogens (primary N) is 1. The minimum absolute atomic E-state index is 0.467. The van der Waals surface area contributed by atoms with Gasteiger partial charge in [-0.2, -0.15) is 0 Å². The molecule has 0 aliphatic heterocycles. The number of rotatable bonds is 1. The van der Waals surface area contributed by atoms with E-state index >= 15 is 0 Å². The molecular formula is C9H9ClN2. The average Bonchev–Trinajstić information content (AvgIpc) is 2.05. The van der Waals surface area contributed by atoms with Crippen LogP contribution in [0, 0.1) is 11.8 Å². The molecule has 0 saturated heterocycles. The van der Waals surface area contributed by atoms with Gasteiger partial charge >= 0.3 is 0 Å². The highest BCUT2D eigenvalue weighted by atomic mass is 35.5. The fraction of sp³-hybridized carbons (Fsp3) is 0.222. The van der Waals surface area contributed by atoms with Crippen LogP contribution in [0.1, 0.15) is 12.1 Å². The van der Waals surface area contributed by atoms with Crippen molar-refractivity contribution in [2.75, 3.05) is 6.54 Å². The number of aromatic nitrogens is 1. The molecule has 2 nitrogen and oxygen atoms in total. The van der Waals surface area contributed by atoms with Gasteiger partial charge < -0.3 is 5.73 Å². The van der Waals surface area contributed by atoms with Gasteiger partial charge in [0.15, 0.2) is 0 Å². The molecule has 0 radical (unpaired) electrons. The summed E-state index contributed by atoms with van der Waals surface area (Å²) in [6, 6.07) is 5.35. The Morgan fingerprint density at radius 1 is 1.50 bits per heavy atom. The number of hydrogen-bond donors (Lipinski definition) is 1. The molecule has 2 N–H and O–H groups in total. The lowest BCUT2D eigenvalue weighted by atomic mass is 10.3. The zero-order valence-corrected chi connectivity index (χ0v) is 7.30. The Balaban J connectivity index is 2.71. The van der Waals surface area contributed by atoms with Gasteiger partial charge in [0.2, 0.25) is 0 Å². The lowest BCUT2D eigenvalue weighted by molar-refractivity contribution is 1.03. The summed E-state index contributed by atoms with van der Waals surface area (Å²) in [6.45, 7) is 0.577. The van der Waals surface area contributed by atoms with Crippen LogP contribution in [0.4, 0.5) is 0 Å². The highest BCUT2D eigenvalue weighted by Crippen LogP contribution is 2.03. The van der Waals surface area contributed by atoms with Crippen molar-refractivity contribution in [1.29, 1.82) is 0 Å². The fourth-order valence-electron chi connectivity index (χ4n) is 0.703. The summed E-state index contributed by atoms with van der Waals surface area (Å²) in [6.07, 6.45) is 0.689. The first-order chi connectivity index (χ1) is 5.83. The van der Waals surface area contributed by atoms with Gasteiger partial charge in [-0.1, -0.05) is 23.6 Å². The molecule has 0 aliphatic carbocycles. The molecule has 0 fully saturated rings. The Hall–Kier alpha value is -1.04. The first kappa shape index (κ1) is 9.05. The smallest absolute Gasteiger partial charge is 0.130 e. The number of halogens is 1. The minimum Gasteiger partial charge on any atom is -0.330 e. The molecule has 0 aliphatic rings. The molecule has 0 bridgehead atoms. The number of hydrogen-bond acceptors (Lipinski definition) is 2. The van der Waals surface area contributed by atoms with Crippen molar-refractivity contribution in [2.24, 2.45) is 5.73 Å². The monoisotopic (exact) mass is 180 g/mol. The quantitative estimate of drug-likeness (QED) is 0.525. The second kappa shape index (κ2) is 4.76. The van der Waals surface area contributed by atoms with Gasteiger partial charge in [0, 0.05) is 13.0 Å². The maximum absolute atomic E-state index is 5.65. The molecule has 12 heavy (non-hydrogen) atoms. The molecular weight excluding hydrogens is 172 g/mol. The molecule has 62 valence electrons. The number of pyridine rings is 1. The molecule has 1 rings (SSSR count). The lowest BCUT2D eigenvalue weighted by Gasteiger charge is -1.89. The molecule has 1 heterocycles. The minimum atomic E-state index is 0.467. The fourth-order valence-corrected chi connectivity index (χ4v) is 0.867. The van der Waals surface area contributed by atoms with Crippen LogP contribution in [0.3, 0.4) is 0 Å². The van der Waals surface area contributed by atoms with Crippen LogP contribution in [-0.4, -0.2) is 11.5 Å². The summed E-state index contributed by atoms with van der Waals surface area (Å²) < 4.78 is 0. The maximum atomic E-state index is 5.65. The average molecular weight is 181 g/mol. The Kier molecular flexibility index (Phi) is 3.59. The van der Waals surface area contributed by atoms with E-state index in [4.69, 9.17) is 17.3 Å². The second-order valence-electron chi connectivity index (χ2n) is 2.19. The van der Waals surface area contributed by atoms with E-state index < -0.39 is 0 Å². The van der Waals surface area contributed by atoms with Crippen LogP contribution < -0.4 is 5.73 Å². The third kappa shape index (κ3) is 2.91. The van der Waals surface area contributed by atoms with Crippen LogP contribution >= 0.6 is 11.6 Å². The van der Waals surface area contributed by atoms with E-state index in [1.165, 1.54) is 0 Å². The summed E-state index contributed by atoms with van der Waals surface area (Å²) in [4.78, 5) is 4.00. The van der Waals surface area contributed by atoms with E-state index in [-0.39, 0.29) is 0 Å². The van der Waals surface area contributed by atoms with Gasteiger partial charge in [-0.3, -0.25) is 0 Å². The topological polar surface area (TPSA) is 38.9 Å². The van der Waals surface area contributed by atoms with Crippen molar-refractivity contribution < 1.29 is 0 Å². The lowest BCUT2D eigenvalue weighted by Crippen LogP contribution is -1.95. The highest BCUT2D eigenvalue weighted by Gasteiger charge is 1.88. The van der Waals surface area contributed by atoms with Crippen LogP contribution in [-0.2, 0) is 0 Å². The predicted molar refractivity (Wildman–Crippen MR) is 49.8 cm³/mol. The summed E-state index contributed by atoms with van der Waals surface area (Å²) in [5.41, 5.74) is 5.96. The summed E-state index contributed by atoms with van der Waals surface area (Å²) >= 11 is 5.65. The van der Waals surface area contributed by atoms with E-state index in [2.05, 4.69) is 16.8 Å². The van der Waals surface area contributed by atoms with Gasteiger partial charge in [0.05, 0.1) is 0 Å². The highest BCUT2D eigenvalue weighted by molar-refractivity contribution is 6.29. The van der Waals surface area contributed by atoms with Crippen LogP contribution in [0.15, 0.2) is 18.2 Å². The summed E-state index contributed by atoms with van der Waals surface area (Å²) in [7, 11) is 0. The van der Waals surface area contributed by atoms with Crippen LogP contribution in [0.25, 0.3) is 0 Å². The van der Waals surface area contributed by atoms with Gasteiger partial charge in [0.1, 0.15) is 10.8 Å². The molecule has 0 spiro atoms. The molecule has 0 saturated carbocycles.